The number of para-hydroxylation sites is 1. The third kappa shape index (κ3) is 3.08. The lowest BCUT2D eigenvalue weighted by Crippen LogP contribution is -2.18. The number of rotatable bonds is 4. The molecule has 2 nitrogen and oxygen atoms in total. The average molecular weight is 227 g/mol. The molecule has 0 aliphatic carbocycles. The van der Waals surface area contributed by atoms with Crippen molar-refractivity contribution < 1.29 is 4.74 Å². The molecule has 0 saturated heterocycles. The predicted molar refractivity (Wildman–Crippen MR) is 70.0 cm³/mol. The van der Waals surface area contributed by atoms with Crippen LogP contribution in [0.5, 0.6) is 5.75 Å². The Kier molecular flexibility index (Phi) is 3.78. The Labute approximate surface area is 102 Å². The molecule has 2 rings (SSSR count). The van der Waals surface area contributed by atoms with E-state index in [0.717, 1.165) is 11.3 Å². The Bertz CT molecular complexity index is 450. The highest BCUT2D eigenvalue weighted by Gasteiger charge is 2.10. The Morgan fingerprint density at radius 3 is 2.24 bits per heavy atom. The maximum absolute atomic E-state index is 5.86. The molecule has 2 heteroatoms. The second-order valence-electron chi connectivity index (χ2n) is 4.07. The van der Waals surface area contributed by atoms with Gasteiger partial charge in [0.05, 0.1) is 0 Å². The van der Waals surface area contributed by atoms with E-state index < -0.39 is 0 Å². The van der Waals surface area contributed by atoms with Crippen LogP contribution in [-0.4, -0.2) is 6.54 Å². The summed E-state index contributed by atoms with van der Waals surface area (Å²) in [6, 6.07) is 18.0. The molecular weight excluding hydrogens is 210 g/mol. The zero-order valence-electron chi connectivity index (χ0n) is 9.97. The summed E-state index contributed by atoms with van der Waals surface area (Å²) in [4.78, 5) is 0. The van der Waals surface area contributed by atoms with Crippen molar-refractivity contribution >= 4 is 0 Å². The fourth-order valence-electron chi connectivity index (χ4n) is 1.70. The number of ether oxygens (including phenoxy) is 1. The van der Waals surface area contributed by atoms with Crippen molar-refractivity contribution in [3.05, 3.63) is 65.7 Å². The minimum atomic E-state index is -0.0852. The first kappa shape index (κ1) is 11.7. The third-order valence-corrected chi connectivity index (χ3v) is 2.68. The van der Waals surface area contributed by atoms with Crippen LogP contribution in [0.2, 0.25) is 0 Å². The molecule has 0 fully saturated rings. The van der Waals surface area contributed by atoms with Gasteiger partial charge in [0.2, 0.25) is 0 Å². The van der Waals surface area contributed by atoms with Gasteiger partial charge in [-0.05, 0) is 24.6 Å². The van der Waals surface area contributed by atoms with Gasteiger partial charge in [0.1, 0.15) is 11.9 Å². The SMILES string of the molecule is Cc1ccc(C(CN)Oc2ccccc2)cc1. The molecule has 0 aliphatic rings. The zero-order chi connectivity index (χ0) is 12.1. The van der Waals surface area contributed by atoms with E-state index in [1.54, 1.807) is 0 Å². The Morgan fingerprint density at radius 2 is 1.65 bits per heavy atom. The van der Waals surface area contributed by atoms with Crippen LogP contribution in [0.3, 0.4) is 0 Å². The molecule has 2 aromatic carbocycles. The minimum absolute atomic E-state index is 0.0852. The van der Waals surface area contributed by atoms with Gasteiger partial charge >= 0.3 is 0 Å². The summed E-state index contributed by atoms with van der Waals surface area (Å²) in [6.07, 6.45) is -0.0852. The molecular formula is C15H17NO. The molecule has 2 N–H and O–H groups in total. The van der Waals surface area contributed by atoms with E-state index in [2.05, 4.69) is 31.2 Å². The van der Waals surface area contributed by atoms with Crippen molar-refractivity contribution in [1.82, 2.24) is 0 Å². The summed E-state index contributed by atoms with van der Waals surface area (Å²) in [5.74, 6) is 0.850. The number of nitrogens with two attached hydrogens (primary N) is 1. The van der Waals surface area contributed by atoms with Gasteiger partial charge in [-0.3, -0.25) is 0 Å². The van der Waals surface area contributed by atoms with Gasteiger partial charge in [0.15, 0.2) is 0 Å². The largest absolute Gasteiger partial charge is 0.484 e. The van der Waals surface area contributed by atoms with Gasteiger partial charge < -0.3 is 10.5 Å². The van der Waals surface area contributed by atoms with Crippen LogP contribution in [0.4, 0.5) is 0 Å². The number of hydrogen-bond acceptors (Lipinski definition) is 2. The molecule has 1 atom stereocenters. The molecule has 88 valence electrons. The highest BCUT2D eigenvalue weighted by molar-refractivity contribution is 5.26. The maximum atomic E-state index is 5.86. The molecule has 0 saturated carbocycles. The van der Waals surface area contributed by atoms with Gasteiger partial charge in [-0.2, -0.15) is 0 Å². The van der Waals surface area contributed by atoms with Crippen LogP contribution in [-0.2, 0) is 0 Å². The van der Waals surface area contributed by atoms with Crippen LogP contribution < -0.4 is 10.5 Å². The zero-order valence-corrected chi connectivity index (χ0v) is 9.97. The molecule has 2 aromatic rings. The Balaban J connectivity index is 2.14. The van der Waals surface area contributed by atoms with Crippen molar-refractivity contribution in [1.29, 1.82) is 0 Å². The average Bonchev–Trinajstić information content (AvgIpc) is 2.38. The molecule has 0 aromatic heterocycles. The molecule has 0 radical (unpaired) electrons. The smallest absolute Gasteiger partial charge is 0.136 e. The molecule has 1 unspecified atom stereocenters. The topological polar surface area (TPSA) is 35.2 Å². The van der Waals surface area contributed by atoms with Crippen molar-refractivity contribution in [2.75, 3.05) is 6.54 Å². The number of aryl methyl sites for hydroxylation is 1. The van der Waals surface area contributed by atoms with Gasteiger partial charge in [0.25, 0.3) is 0 Å². The van der Waals surface area contributed by atoms with Crippen molar-refractivity contribution in [3.63, 3.8) is 0 Å². The van der Waals surface area contributed by atoms with Crippen LogP contribution in [0.25, 0.3) is 0 Å². The number of benzene rings is 2. The van der Waals surface area contributed by atoms with Crippen molar-refractivity contribution in [2.24, 2.45) is 5.73 Å². The Morgan fingerprint density at radius 1 is 1.00 bits per heavy atom. The standard InChI is InChI=1S/C15H17NO/c1-12-7-9-13(10-8-12)15(11-16)17-14-5-3-2-4-6-14/h2-10,15H,11,16H2,1H3. The lowest BCUT2D eigenvalue weighted by atomic mass is 10.1. The van der Waals surface area contributed by atoms with E-state index in [1.165, 1.54) is 5.56 Å². The van der Waals surface area contributed by atoms with Crippen molar-refractivity contribution in [3.8, 4) is 5.75 Å². The highest BCUT2D eigenvalue weighted by Crippen LogP contribution is 2.21. The molecule has 0 amide bonds. The highest BCUT2D eigenvalue weighted by atomic mass is 16.5. The van der Waals surface area contributed by atoms with Crippen LogP contribution in [0, 0.1) is 6.92 Å². The molecule has 0 heterocycles. The fraction of sp³-hybridized carbons (Fsp3) is 0.200. The normalized spacial score (nSPS) is 12.1. The van der Waals surface area contributed by atoms with E-state index in [-0.39, 0.29) is 6.10 Å². The summed E-state index contributed by atoms with van der Waals surface area (Å²) in [5.41, 5.74) is 8.12. The summed E-state index contributed by atoms with van der Waals surface area (Å²) < 4.78 is 5.86. The molecule has 0 spiro atoms. The maximum Gasteiger partial charge on any atom is 0.136 e. The van der Waals surface area contributed by atoms with E-state index in [1.807, 2.05) is 30.3 Å². The monoisotopic (exact) mass is 227 g/mol. The summed E-state index contributed by atoms with van der Waals surface area (Å²) in [7, 11) is 0. The van der Waals surface area contributed by atoms with Crippen LogP contribution in [0.1, 0.15) is 17.2 Å². The van der Waals surface area contributed by atoms with Gasteiger partial charge in [-0.25, -0.2) is 0 Å². The van der Waals surface area contributed by atoms with Crippen molar-refractivity contribution in [2.45, 2.75) is 13.0 Å². The molecule has 0 aliphatic heterocycles. The second-order valence-corrected chi connectivity index (χ2v) is 4.07. The molecule has 0 bridgehead atoms. The Hall–Kier alpha value is -1.80. The van der Waals surface area contributed by atoms with Gasteiger partial charge in [-0.15, -0.1) is 0 Å². The minimum Gasteiger partial charge on any atom is -0.484 e. The van der Waals surface area contributed by atoms with Gasteiger partial charge in [-0.1, -0.05) is 48.0 Å². The van der Waals surface area contributed by atoms with Crippen LogP contribution in [0.15, 0.2) is 54.6 Å². The van der Waals surface area contributed by atoms with E-state index in [4.69, 9.17) is 10.5 Å². The summed E-state index contributed by atoms with van der Waals surface area (Å²) >= 11 is 0. The van der Waals surface area contributed by atoms with E-state index in [0.29, 0.717) is 6.54 Å². The first-order valence-corrected chi connectivity index (χ1v) is 5.78. The fourth-order valence-corrected chi connectivity index (χ4v) is 1.70. The quantitative estimate of drug-likeness (QED) is 0.871. The lowest BCUT2D eigenvalue weighted by molar-refractivity contribution is 0.214. The number of hydrogen-bond donors (Lipinski definition) is 1. The van der Waals surface area contributed by atoms with E-state index in [9.17, 15) is 0 Å². The summed E-state index contributed by atoms with van der Waals surface area (Å²) in [5, 5.41) is 0. The predicted octanol–water partition coefficient (Wildman–Crippen LogP) is 3.07. The summed E-state index contributed by atoms with van der Waals surface area (Å²) in [6.45, 7) is 2.54. The van der Waals surface area contributed by atoms with E-state index >= 15 is 0 Å². The first-order chi connectivity index (χ1) is 8.29. The van der Waals surface area contributed by atoms with Crippen LogP contribution >= 0.6 is 0 Å². The third-order valence-electron chi connectivity index (χ3n) is 2.68. The molecule has 17 heavy (non-hydrogen) atoms. The lowest BCUT2D eigenvalue weighted by Gasteiger charge is -2.18. The first-order valence-electron chi connectivity index (χ1n) is 5.78. The van der Waals surface area contributed by atoms with Gasteiger partial charge in [0, 0.05) is 6.54 Å². The second kappa shape index (κ2) is 5.51.